The summed E-state index contributed by atoms with van der Waals surface area (Å²) >= 11 is 0. The molecule has 0 aromatic rings. The topological polar surface area (TPSA) is 45.0 Å². The number of halogens is 3. The molecule has 0 heterocycles. The monoisotopic (exact) mass is 208 g/mol. The number of nitrogens with zero attached hydrogens (tertiary/aromatic N) is 1. The van der Waals surface area contributed by atoms with Crippen LogP contribution in [0.15, 0.2) is 0 Å². The first-order chi connectivity index (χ1) is 6.51. The van der Waals surface area contributed by atoms with E-state index in [-0.39, 0.29) is 12.6 Å². The summed E-state index contributed by atoms with van der Waals surface area (Å²) in [6, 6.07) is 1.51. The van der Waals surface area contributed by atoms with Crippen LogP contribution >= 0.6 is 0 Å². The standard InChI is InChI=1S/C8H11F3N2O/c9-8(10,11)5-14-4-7(3-12)13-6-1-2-6/h6-7,13H,1-2,4-5H2. The van der Waals surface area contributed by atoms with Crippen molar-refractivity contribution in [1.82, 2.24) is 5.32 Å². The fraction of sp³-hybridized carbons (Fsp3) is 0.875. The molecular formula is C8H11F3N2O. The molecule has 14 heavy (non-hydrogen) atoms. The van der Waals surface area contributed by atoms with Crippen LogP contribution in [0.2, 0.25) is 0 Å². The van der Waals surface area contributed by atoms with Crippen molar-refractivity contribution >= 4 is 0 Å². The van der Waals surface area contributed by atoms with Crippen molar-refractivity contribution in [2.45, 2.75) is 31.1 Å². The van der Waals surface area contributed by atoms with Crippen molar-refractivity contribution in [1.29, 1.82) is 5.26 Å². The summed E-state index contributed by atoms with van der Waals surface area (Å²) in [6.07, 6.45) is -2.35. The molecule has 80 valence electrons. The lowest BCUT2D eigenvalue weighted by Gasteiger charge is -2.12. The van der Waals surface area contributed by atoms with Gasteiger partial charge in [-0.2, -0.15) is 18.4 Å². The van der Waals surface area contributed by atoms with Crippen LogP contribution in [0, 0.1) is 11.3 Å². The lowest BCUT2D eigenvalue weighted by molar-refractivity contribution is -0.174. The first kappa shape index (κ1) is 11.3. The summed E-state index contributed by atoms with van der Waals surface area (Å²) in [6.45, 7) is -1.51. The van der Waals surface area contributed by atoms with Gasteiger partial charge in [-0.3, -0.25) is 5.32 Å². The summed E-state index contributed by atoms with van der Waals surface area (Å²) in [5, 5.41) is 11.4. The second-order valence-corrected chi connectivity index (χ2v) is 3.25. The first-order valence-electron chi connectivity index (χ1n) is 4.31. The zero-order valence-electron chi connectivity index (χ0n) is 7.47. The SMILES string of the molecule is N#CC(COCC(F)(F)F)NC1CC1. The van der Waals surface area contributed by atoms with Gasteiger partial charge in [0.1, 0.15) is 12.6 Å². The summed E-state index contributed by atoms with van der Waals surface area (Å²) < 4.78 is 39.3. The number of nitriles is 1. The van der Waals surface area contributed by atoms with Crippen LogP contribution in [-0.2, 0) is 4.74 Å². The fourth-order valence-corrected chi connectivity index (χ4v) is 0.950. The van der Waals surface area contributed by atoms with E-state index < -0.39 is 18.8 Å². The molecule has 0 amide bonds. The van der Waals surface area contributed by atoms with Crippen molar-refractivity contribution in [2.24, 2.45) is 0 Å². The minimum Gasteiger partial charge on any atom is -0.369 e. The van der Waals surface area contributed by atoms with Crippen LogP contribution in [0.4, 0.5) is 13.2 Å². The van der Waals surface area contributed by atoms with Crippen LogP contribution in [0.25, 0.3) is 0 Å². The molecule has 0 saturated heterocycles. The third kappa shape index (κ3) is 5.04. The molecule has 0 radical (unpaired) electrons. The third-order valence-corrected chi connectivity index (χ3v) is 1.72. The van der Waals surface area contributed by atoms with Gasteiger partial charge in [-0.15, -0.1) is 0 Å². The summed E-state index contributed by atoms with van der Waals surface area (Å²) in [7, 11) is 0. The fourth-order valence-electron chi connectivity index (χ4n) is 0.950. The van der Waals surface area contributed by atoms with Crippen molar-refractivity contribution in [2.75, 3.05) is 13.2 Å². The van der Waals surface area contributed by atoms with Gasteiger partial charge in [0.15, 0.2) is 0 Å². The second kappa shape index (κ2) is 4.62. The Morgan fingerprint density at radius 1 is 1.50 bits per heavy atom. The van der Waals surface area contributed by atoms with Gasteiger partial charge in [0.05, 0.1) is 12.7 Å². The van der Waals surface area contributed by atoms with Gasteiger partial charge in [-0.1, -0.05) is 0 Å². The van der Waals surface area contributed by atoms with E-state index in [1.165, 1.54) is 0 Å². The molecule has 3 nitrogen and oxygen atoms in total. The predicted molar refractivity (Wildman–Crippen MR) is 42.4 cm³/mol. The minimum absolute atomic E-state index is 0.216. The van der Waals surface area contributed by atoms with E-state index in [9.17, 15) is 13.2 Å². The Morgan fingerprint density at radius 3 is 2.57 bits per heavy atom. The first-order valence-corrected chi connectivity index (χ1v) is 4.31. The van der Waals surface area contributed by atoms with Gasteiger partial charge >= 0.3 is 6.18 Å². The van der Waals surface area contributed by atoms with E-state index in [0.29, 0.717) is 0 Å². The van der Waals surface area contributed by atoms with Gasteiger partial charge in [0.25, 0.3) is 0 Å². The molecule has 1 fully saturated rings. The highest BCUT2D eigenvalue weighted by Gasteiger charge is 2.29. The molecule has 1 N–H and O–H groups in total. The summed E-state index contributed by atoms with van der Waals surface area (Å²) in [5.41, 5.74) is 0. The Morgan fingerprint density at radius 2 is 2.14 bits per heavy atom. The van der Waals surface area contributed by atoms with Crippen molar-refractivity contribution in [3.05, 3.63) is 0 Å². The Bertz CT molecular complexity index is 220. The van der Waals surface area contributed by atoms with Crippen LogP contribution < -0.4 is 5.32 Å². The minimum atomic E-state index is -4.32. The Hall–Kier alpha value is -0.800. The van der Waals surface area contributed by atoms with Gasteiger partial charge in [-0.25, -0.2) is 0 Å². The smallest absolute Gasteiger partial charge is 0.369 e. The predicted octanol–water partition coefficient (Wildman–Crippen LogP) is 1.21. The molecule has 1 unspecified atom stereocenters. The average molecular weight is 208 g/mol. The van der Waals surface area contributed by atoms with E-state index in [1.807, 2.05) is 6.07 Å². The van der Waals surface area contributed by atoms with E-state index in [0.717, 1.165) is 12.8 Å². The number of nitrogens with one attached hydrogen (secondary N) is 1. The molecule has 1 atom stereocenters. The third-order valence-electron chi connectivity index (χ3n) is 1.72. The number of hydrogen-bond donors (Lipinski definition) is 1. The zero-order chi connectivity index (χ0) is 10.6. The van der Waals surface area contributed by atoms with E-state index in [1.54, 1.807) is 0 Å². The Kier molecular flexibility index (Phi) is 3.72. The van der Waals surface area contributed by atoms with Crippen LogP contribution in [-0.4, -0.2) is 31.5 Å². The lowest BCUT2D eigenvalue weighted by Crippen LogP contribution is -2.35. The molecular weight excluding hydrogens is 197 g/mol. The average Bonchev–Trinajstić information content (AvgIpc) is 2.84. The number of hydrogen-bond acceptors (Lipinski definition) is 3. The van der Waals surface area contributed by atoms with Crippen molar-refractivity contribution in [3.63, 3.8) is 0 Å². The Labute approximate surface area is 79.8 Å². The molecule has 1 saturated carbocycles. The highest BCUT2D eigenvalue weighted by molar-refractivity contribution is 4.95. The van der Waals surface area contributed by atoms with Gasteiger partial charge in [-0.05, 0) is 12.8 Å². The molecule has 1 aliphatic rings. The van der Waals surface area contributed by atoms with Crippen LogP contribution in [0.1, 0.15) is 12.8 Å². The summed E-state index contributed by atoms with van der Waals surface area (Å²) in [4.78, 5) is 0. The molecule has 0 aromatic heterocycles. The largest absolute Gasteiger partial charge is 0.411 e. The molecule has 0 aromatic carbocycles. The number of rotatable bonds is 5. The maximum atomic E-state index is 11.7. The molecule has 0 bridgehead atoms. The molecule has 1 aliphatic carbocycles. The van der Waals surface area contributed by atoms with Gasteiger partial charge in [0, 0.05) is 6.04 Å². The second-order valence-electron chi connectivity index (χ2n) is 3.25. The lowest BCUT2D eigenvalue weighted by atomic mass is 10.3. The normalized spacial score (nSPS) is 19.0. The molecule has 1 rings (SSSR count). The Balaban J connectivity index is 2.11. The van der Waals surface area contributed by atoms with Crippen molar-refractivity contribution in [3.8, 4) is 6.07 Å². The van der Waals surface area contributed by atoms with E-state index in [2.05, 4.69) is 10.1 Å². The van der Waals surface area contributed by atoms with E-state index >= 15 is 0 Å². The maximum absolute atomic E-state index is 11.7. The van der Waals surface area contributed by atoms with Gasteiger partial charge in [0.2, 0.25) is 0 Å². The summed E-state index contributed by atoms with van der Waals surface area (Å²) in [5.74, 6) is 0. The molecule has 0 aliphatic heterocycles. The molecule has 6 heteroatoms. The van der Waals surface area contributed by atoms with Gasteiger partial charge < -0.3 is 4.74 Å². The van der Waals surface area contributed by atoms with Crippen LogP contribution in [0.3, 0.4) is 0 Å². The quantitative estimate of drug-likeness (QED) is 0.738. The number of ether oxygens (including phenoxy) is 1. The number of alkyl halides is 3. The van der Waals surface area contributed by atoms with Crippen molar-refractivity contribution < 1.29 is 17.9 Å². The van der Waals surface area contributed by atoms with Crippen LogP contribution in [0.5, 0.6) is 0 Å². The molecule has 0 spiro atoms. The highest BCUT2D eigenvalue weighted by Crippen LogP contribution is 2.19. The maximum Gasteiger partial charge on any atom is 0.411 e. The zero-order valence-corrected chi connectivity index (χ0v) is 7.47. The highest BCUT2D eigenvalue weighted by atomic mass is 19.4. The van der Waals surface area contributed by atoms with E-state index in [4.69, 9.17) is 5.26 Å².